The predicted molar refractivity (Wildman–Crippen MR) is 82.1 cm³/mol. The molecule has 2 N–H and O–H groups in total. The Balaban J connectivity index is 1.87. The summed E-state index contributed by atoms with van der Waals surface area (Å²) in [5.74, 6) is 0.605. The molecule has 2 rings (SSSR count). The van der Waals surface area contributed by atoms with Gasteiger partial charge in [-0.05, 0) is 44.6 Å². The first-order valence-electron chi connectivity index (χ1n) is 7.65. The molecule has 0 aromatic heterocycles. The van der Waals surface area contributed by atoms with E-state index < -0.39 is 0 Å². The van der Waals surface area contributed by atoms with Crippen LogP contribution in [0.4, 0.5) is 0 Å². The number of hydrogen-bond donors (Lipinski definition) is 1. The molecule has 106 valence electrons. The van der Waals surface area contributed by atoms with Crippen LogP contribution in [-0.2, 0) is 6.42 Å². The van der Waals surface area contributed by atoms with Crippen molar-refractivity contribution in [1.82, 2.24) is 4.90 Å². The highest BCUT2D eigenvalue weighted by molar-refractivity contribution is 5.14. The van der Waals surface area contributed by atoms with Gasteiger partial charge in [0.15, 0.2) is 0 Å². The van der Waals surface area contributed by atoms with E-state index >= 15 is 0 Å². The molecule has 1 aromatic rings. The van der Waals surface area contributed by atoms with E-state index in [4.69, 9.17) is 5.73 Å². The van der Waals surface area contributed by atoms with Gasteiger partial charge >= 0.3 is 0 Å². The summed E-state index contributed by atoms with van der Waals surface area (Å²) < 4.78 is 0. The van der Waals surface area contributed by atoms with Gasteiger partial charge in [-0.15, -0.1) is 0 Å². The van der Waals surface area contributed by atoms with Gasteiger partial charge in [0.2, 0.25) is 0 Å². The Morgan fingerprint density at radius 3 is 2.63 bits per heavy atom. The highest BCUT2D eigenvalue weighted by Gasteiger charge is 2.32. The summed E-state index contributed by atoms with van der Waals surface area (Å²) >= 11 is 0. The predicted octanol–water partition coefficient (Wildman–Crippen LogP) is 3.07. The van der Waals surface area contributed by atoms with Crippen molar-refractivity contribution in [1.29, 1.82) is 0 Å². The number of benzene rings is 1. The van der Waals surface area contributed by atoms with Crippen LogP contribution in [0.15, 0.2) is 30.3 Å². The van der Waals surface area contributed by atoms with Crippen LogP contribution in [0.5, 0.6) is 0 Å². The Morgan fingerprint density at radius 2 is 1.95 bits per heavy atom. The summed E-state index contributed by atoms with van der Waals surface area (Å²) in [6, 6.07) is 12.4. The number of hydrogen-bond acceptors (Lipinski definition) is 2. The van der Waals surface area contributed by atoms with E-state index in [1.54, 1.807) is 0 Å². The van der Waals surface area contributed by atoms with Crippen LogP contribution in [0.25, 0.3) is 0 Å². The Bertz CT molecular complexity index is 376. The molecule has 0 aliphatic carbocycles. The lowest BCUT2D eigenvalue weighted by molar-refractivity contribution is 0.0598. The minimum atomic E-state index is 0.382. The molecule has 0 amide bonds. The molecule has 1 aliphatic heterocycles. The zero-order valence-electron chi connectivity index (χ0n) is 12.5. The third-order valence-electron chi connectivity index (χ3n) is 4.94. The molecule has 4 atom stereocenters. The lowest BCUT2D eigenvalue weighted by Gasteiger charge is -2.44. The third-order valence-corrected chi connectivity index (χ3v) is 4.94. The molecule has 1 aliphatic rings. The van der Waals surface area contributed by atoms with Crippen molar-refractivity contribution in [3.8, 4) is 0 Å². The fraction of sp³-hybridized carbons (Fsp3) is 0.647. The molecular formula is C17H28N2. The minimum Gasteiger partial charge on any atom is -0.327 e. The van der Waals surface area contributed by atoms with Crippen LogP contribution in [-0.4, -0.2) is 29.6 Å². The number of likely N-dealkylation sites (tertiary alicyclic amines) is 1. The normalized spacial score (nSPS) is 30.2. The zero-order valence-corrected chi connectivity index (χ0v) is 12.5. The van der Waals surface area contributed by atoms with E-state index in [1.165, 1.54) is 18.4 Å². The second-order valence-corrected chi connectivity index (χ2v) is 6.16. The van der Waals surface area contributed by atoms with Gasteiger partial charge in [0.1, 0.15) is 0 Å². The topological polar surface area (TPSA) is 29.3 Å². The molecule has 1 heterocycles. The van der Waals surface area contributed by atoms with Gasteiger partial charge < -0.3 is 5.73 Å². The van der Waals surface area contributed by atoms with Crippen LogP contribution < -0.4 is 5.73 Å². The van der Waals surface area contributed by atoms with Crippen molar-refractivity contribution in [3.05, 3.63) is 35.9 Å². The third kappa shape index (κ3) is 3.58. The lowest BCUT2D eigenvalue weighted by atomic mass is 9.86. The molecule has 0 radical (unpaired) electrons. The summed E-state index contributed by atoms with van der Waals surface area (Å²) in [5.41, 5.74) is 7.62. The molecule has 1 saturated heterocycles. The van der Waals surface area contributed by atoms with Crippen molar-refractivity contribution < 1.29 is 0 Å². The van der Waals surface area contributed by atoms with Crippen LogP contribution in [0.3, 0.4) is 0 Å². The number of piperidine rings is 1. The second kappa shape index (κ2) is 6.53. The van der Waals surface area contributed by atoms with Gasteiger partial charge in [0.25, 0.3) is 0 Å². The van der Waals surface area contributed by atoms with E-state index in [9.17, 15) is 0 Å². The maximum absolute atomic E-state index is 6.17. The average molecular weight is 260 g/mol. The zero-order chi connectivity index (χ0) is 13.8. The van der Waals surface area contributed by atoms with Crippen molar-refractivity contribution >= 4 is 0 Å². The number of rotatable bonds is 4. The molecule has 19 heavy (non-hydrogen) atoms. The Morgan fingerprint density at radius 1 is 1.26 bits per heavy atom. The van der Waals surface area contributed by atoms with E-state index in [2.05, 4.69) is 56.0 Å². The number of nitrogens with zero attached hydrogens (tertiary/aromatic N) is 1. The van der Waals surface area contributed by atoms with Crippen LogP contribution in [0.1, 0.15) is 39.2 Å². The van der Waals surface area contributed by atoms with E-state index in [-0.39, 0.29) is 0 Å². The quantitative estimate of drug-likeness (QED) is 0.901. The summed E-state index contributed by atoms with van der Waals surface area (Å²) in [7, 11) is 0. The van der Waals surface area contributed by atoms with Gasteiger partial charge in [-0.25, -0.2) is 0 Å². The highest BCUT2D eigenvalue weighted by atomic mass is 15.2. The number of aryl methyl sites for hydroxylation is 1. The van der Waals surface area contributed by atoms with Gasteiger partial charge in [-0.2, -0.15) is 0 Å². The first-order chi connectivity index (χ1) is 9.09. The summed E-state index contributed by atoms with van der Waals surface area (Å²) in [6.45, 7) is 8.15. The highest BCUT2D eigenvalue weighted by Crippen LogP contribution is 2.25. The molecule has 0 bridgehead atoms. The first-order valence-corrected chi connectivity index (χ1v) is 7.65. The summed E-state index contributed by atoms with van der Waals surface area (Å²) in [6.07, 6.45) is 3.54. The molecule has 2 nitrogen and oxygen atoms in total. The van der Waals surface area contributed by atoms with E-state index in [1.807, 2.05) is 0 Å². The monoisotopic (exact) mass is 260 g/mol. The average Bonchev–Trinajstić information content (AvgIpc) is 2.43. The maximum Gasteiger partial charge on any atom is 0.0110 e. The van der Waals surface area contributed by atoms with Gasteiger partial charge in [0, 0.05) is 24.7 Å². The standard InChI is InChI=1S/C17H28N2/c1-13(9-10-16-7-5-4-6-8-16)19-12-11-17(18)14(2)15(19)3/h4-8,13-15,17H,9-12,18H2,1-3H3. The largest absolute Gasteiger partial charge is 0.327 e. The van der Waals surface area contributed by atoms with Gasteiger partial charge in [-0.3, -0.25) is 4.90 Å². The Labute approximate surface area is 118 Å². The molecule has 1 fully saturated rings. The van der Waals surface area contributed by atoms with Crippen LogP contribution >= 0.6 is 0 Å². The molecule has 2 heteroatoms. The SMILES string of the molecule is CC1C(N)CCN(C(C)CCc2ccccc2)C1C. The second-order valence-electron chi connectivity index (χ2n) is 6.16. The van der Waals surface area contributed by atoms with Crippen molar-refractivity contribution in [2.75, 3.05) is 6.54 Å². The first kappa shape index (κ1) is 14.5. The van der Waals surface area contributed by atoms with Crippen molar-refractivity contribution in [3.63, 3.8) is 0 Å². The summed E-state index contributed by atoms with van der Waals surface area (Å²) in [5, 5.41) is 0. The van der Waals surface area contributed by atoms with Crippen LogP contribution in [0.2, 0.25) is 0 Å². The summed E-state index contributed by atoms with van der Waals surface area (Å²) in [4.78, 5) is 2.65. The lowest BCUT2D eigenvalue weighted by Crippen LogP contribution is -2.54. The van der Waals surface area contributed by atoms with Gasteiger partial charge in [-0.1, -0.05) is 37.3 Å². The molecular weight excluding hydrogens is 232 g/mol. The minimum absolute atomic E-state index is 0.382. The van der Waals surface area contributed by atoms with Gasteiger partial charge in [0.05, 0.1) is 0 Å². The van der Waals surface area contributed by atoms with Crippen molar-refractivity contribution in [2.45, 2.75) is 58.2 Å². The Kier molecular flexibility index (Phi) is 5.00. The number of nitrogens with two attached hydrogens (primary N) is 1. The molecule has 0 saturated carbocycles. The molecule has 1 aromatic carbocycles. The maximum atomic E-state index is 6.17. The fourth-order valence-corrected chi connectivity index (χ4v) is 3.23. The van der Waals surface area contributed by atoms with E-state index in [0.717, 1.165) is 13.0 Å². The smallest absolute Gasteiger partial charge is 0.0110 e. The molecule has 4 unspecified atom stereocenters. The van der Waals surface area contributed by atoms with E-state index in [0.29, 0.717) is 24.0 Å². The molecule has 0 spiro atoms. The fourth-order valence-electron chi connectivity index (χ4n) is 3.23. The van der Waals surface area contributed by atoms with Crippen molar-refractivity contribution in [2.24, 2.45) is 11.7 Å². The van der Waals surface area contributed by atoms with Crippen LogP contribution in [0, 0.1) is 5.92 Å². The Hall–Kier alpha value is -0.860.